The van der Waals surface area contributed by atoms with E-state index in [2.05, 4.69) is 55.3 Å². The standard InChI is InChI=1S/C27H29N3O/c1-3-18-30(27(31)22-14-8-5-9-15-22)20-23-19-28-26(21-12-6-4-7-13-21)24-16-10-11-17-25(24)29(23)2/h4-17,23H,3,18-20H2,1-2H3. The Hall–Kier alpha value is -3.40. The highest BCUT2D eigenvalue weighted by Crippen LogP contribution is 2.28. The summed E-state index contributed by atoms with van der Waals surface area (Å²) in [5.41, 5.74) is 5.16. The van der Waals surface area contributed by atoms with Crippen molar-refractivity contribution >= 4 is 17.3 Å². The van der Waals surface area contributed by atoms with E-state index in [0.717, 1.165) is 41.1 Å². The van der Waals surface area contributed by atoms with Crippen LogP contribution in [0.25, 0.3) is 0 Å². The lowest BCUT2D eigenvalue weighted by molar-refractivity contribution is 0.0746. The van der Waals surface area contributed by atoms with E-state index in [1.165, 1.54) is 0 Å². The molecule has 0 aliphatic carbocycles. The Kier molecular flexibility index (Phi) is 6.46. The molecule has 0 fully saturated rings. The molecule has 4 heteroatoms. The van der Waals surface area contributed by atoms with E-state index in [0.29, 0.717) is 13.1 Å². The van der Waals surface area contributed by atoms with Gasteiger partial charge in [-0.25, -0.2) is 0 Å². The van der Waals surface area contributed by atoms with Gasteiger partial charge in [0, 0.05) is 42.5 Å². The van der Waals surface area contributed by atoms with Crippen LogP contribution in [0.1, 0.15) is 34.8 Å². The summed E-state index contributed by atoms with van der Waals surface area (Å²) in [7, 11) is 2.12. The van der Waals surface area contributed by atoms with Crippen molar-refractivity contribution < 1.29 is 4.79 Å². The summed E-state index contributed by atoms with van der Waals surface area (Å²) in [5.74, 6) is 0.0839. The fourth-order valence-corrected chi connectivity index (χ4v) is 4.17. The first-order chi connectivity index (χ1) is 15.2. The van der Waals surface area contributed by atoms with E-state index in [1.54, 1.807) is 0 Å². The molecule has 1 heterocycles. The molecule has 1 aliphatic rings. The summed E-state index contributed by atoms with van der Waals surface area (Å²) in [4.78, 5) is 22.5. The second-order valence-electron chi connectivity index (χ2n) is 7.95. The predicted octanol–water partition coefficient (Wildman–Crippen LogP) is 4.89. The van der Waals surface area contributed by atoms with Gasteiger partial charge in [0.15, 0.2) is 0 Å². The van der Waals surface area contributed by atoms with Gasteiger partial charge in [0.2, 0.25) is 0 Å². The van der Waals surface area contributed by atoms with Crippen molar-refractivity contribution in [3.8, 4) is 0 Å². The van der Waals surface area contributed by atoms with E-state index >= 15 is 0 Å². The number of hydrogen-bond acceptors (Lipinski definition) is 3. The third-order valence-corrected chi connectivity index (χ3v) is 5.83. The first-order valence-corrected chi connectivity index (χ1v) is 11.0. The van der Waals surface area contributed by atoms with Crippen LogP contribution in [0.2, 0.25) is 0 Å². The maximum Gasteiger partial charge on any atom is 0.253 e. The number of nitrogens with zero attached hydrogens (tertiary/aromatic N) is 3. The smallest absolute Gasteiger partial charge is 0.253 e. The third-order valence-electron chi connectivity index (χ3n) is 5.83. The Morgan fingerprint density at radius 2 is 1.61 bits per heavy atom. The zero-order chi connectivity index (χ0) is 21.6. The Bertz CT molecular complexity index is 1050. The zero-order valence-electron chi connectivity index (χ0n) is 18.2. The number of carbonyl (C=O) groups is 1. The minimum Gasteiger partial charge on any atom is -0.367 e. The van der Waals surface area contributed by atoms with E-state index < -0.39 is 0 Å². The number of benzodiazepines with no additional fused rings is 1. The molecule has 4 rings (SSSR count). The van der Waals surface area contributed by atoms with Crippen LogP contribution in [-0.2, 0) is 0 Å². The van der Waals surface area contributed by atoms with Crippen molar-refractivity contribution in [1.29, 1.82) is 0 Å². The molecule has 4 nitrogen and oxygen atoms in total. The van der Waals surface area contributed by atoms with Crippen LogP contribution in [-0.4, -0.2) is 49.2 Å². The van der Waals surface area contributed by atoms with Crippen molar-refractivity contribution in [2.24, 2.45) is 4.99 Å². The number of amides is 1. The molecular weight excluding hydrogens is 382 g/mol. The SMILES string of the molecule is CCCN(CC1CN=C(c2ccccc2)c2ccccc2N1C)C(=O)c1ccccc1. The zero-order valence-corrected chi connectivity index (χ0v) is 18.2. The van der Waals surface area contributed by atoms with Gasteiger partial charge in [0.25, 0.3) is 5.91 Å². The number of likely N-dealkylation sites (N-methyl/N-ethyl adjacent to an activating group) is 1. The lowest BCUT2D eigenvalue weighted by Gasteiger charge is -2.33. The number of aliphatic imine (C=N–C) groups is 1. The van der Waals surface area contributed by atoms with Gasteiger partial charge in [-0.05, 0) is 24.6 Å². The van der Waals surface area contributed by atoms with Crippen LogP contribution in [0.4, 0.5) is 5.69 Å². The molecule has 3 aromatic rings. The predicted molar refractivity (Wildman–Crippen MR) is 128 cm³/mol. The van der Waals surface area contributed by atoms with E-state index in [4.69, 9.17) is 4.99 Å². The van der Waals surface area contributed by atoms with Crippen molar-refractivity contribution in [3.05, 3.63) is 102 Å². The fraction of sp³-hybridized carbons (Fsp3) is 0.259. The lowest BCUT2D eigenvalue weighted by Crippen LogP contribution is -2.46. The van der Waals surface area contributed by atoms with Crippen LogP contribution >= 0.6 is 0 Å². The Morgan fingerprint density at radius 3 is 2.32 bits per heavy atom. The lowest BCUT2D eigenvalue weighted by atomic mass is 10.0. The monoisotopic (exact) mass is 411 g/mol. The molecule has 3 aromatic carbocycles. The molecule has 0 bridgehead atoms. The average molecular weight is 412 g/mol. The van der Waals surface area contributed by atoms with Gasteiger partial charge in [0.05, 0.1) is 18.3 Å². The highest BCUT2D eigenvalue weighted by atomic mass is 16.2. The molecule has 0 radical (unpaired) electrons. The summed E-state index contributed by atoms with van der Waals surface area (Å²) in [6.45, 7) is 4.12. The molecule has 1 aliphatic heterocycles. The van der Waals surface area contributed by atoms with Gasteiger partial charge in [-0.1, -0.05) is 73.7 Å². The summed E-state index contributed by atoms with van der Waals surface area (Å²) in [6.07, 6.45) is 0.921. The maximum absolute atomic E-state index is 13.2. The summed E-state index contributed by atoms with van der Waals surface area (Å²) in [5, 5.41) is 0. The van der Waals surface area contributed by atoms with Crippen LogP contribution in [0.15, 0.2) is 89.9 Å². The minimum atomic E-state index is 0.0839. The highest BCUT2D eigenvalue weighted by Gasteiger charge is 2.27. The number of hydrogen-bond donors (Lipinski definition) is 0. The van der Waals surface area contributed by atoms with Crippen LogP contribution < -0.4 is 4.90 Å². The third kappa shape index (κ3) is 4.53. The van der Waals surface area contributed by atoms with E-state index in [-0.39, 0.29) is 11.9 Å². The van der Waals surface area contributed by atoms with Gasteiger partial charge in [-0.15, -0.1) is 0 Å². The summed E-state index contributed by atoms with van der Waals surface area (Å²) < 4.78 is 0. The summed E-state index contributed by atoms with van der Waals surface area (Å²) >= 11 is 0. The normalized spacial score (nSPS) is 15.6. The van der Waals surface area contributed by atoms with Crippen molar-refractivity contribution in [1.82, 2.24) is 4.90 Å². The number of fused-ring (bicyclic) bond motifs is 1. The Balaban J connectivity index is 1.66. The van der Waals surface area contributed by atoms with Gasteiger partial charge in [0.1, 0.15) is 0 Å². The number of benzene rings is 3. The molecule has 0 saturated heterocycles. The van der Waals surface area contributed by atoms with E-state index in [9.17, 15) is 4.79 Å². The first-order valence-electron chi connectivity index (χ1n) is 11.0. The molecule has 0 aromatic heterocycles. The first kappa shape index (κ1) is 20.9. The van der Waals surface area contributed by atoms with Crippen LogP contribution in [0.3, 0.4) is 0 Å². The quantitative estimate of drug-likeness (QED) is 0.579. The second kappa shape index (κ2) is 9.61. The van der Waals surface area contributed by atoms with Gasteiger partial charge >= 0.3 is 0 Å². The number of carbonyl (C=O) groups excluding carboxylic acids is 1. The molecule has 0 saturated carbocycles. The van der Waals surface area contributed by atoms with Crippen LogP contribution in [0, 0.1) is 0 Å². The molecule has 158 valence electrons. The maximum atomic E-state index is 13.2. The Morgan fingerprint density at radius 1 is 0.968 bits per heavy atom. The topological polar surface area (TPSA) is 35.9 Å². The molecular formula is C27H29N3O. The molecule has 1 unspecified atom stereocenters. The highest BCUT2D eigenvalue weighted by molar-refractivity contribution is 6.16. The molecule has 1 atom stereocenters. The molecule has 0 spiro atoms. The number of rotatable bonds is 6. The largest absolute Gasteiger partial charge is 0.367 e. The Labute approximate surface area is 184 Å². The second-order valence-corrected chi connectivity index (χ2v) is 7.95. The van der Waals surface area contributed by atoms with Crippen LogP contribution in [0.5, 0.6) is 0 Å². The van der Waals surface area contributed by atoms with Gasteiger partial charge in [-0.3, -0.25) is 9.79 Å². The fourth-order valence-electron chi connectivity index (χ4n) is 4.17. The molecule has 31 heavy (non-hydrogen) atoms. The molecule has 0 N–H and O–H groups in total. The van der Waals surface area contributed by atoms with Gasteiger partial charge < -0.3 is 9.80 Å². The van der Waals surface area contributed by atoms with Crippen molar-refractivity contribution in [2.75, 3.05) is 31.6 Å². The van der Waals surface area contributed by atoms with Crippen molar-refractivity contribution in [3.63, 3.8) is 0 Å². The van der Waals surface area contributed by atoms with Crippen molar-refractivity contribution in [2.45, 2.75) is 19.4 Å². The van der Waals surface area contributed by atoms with Gasteiger partial charge in [-0.2, -0.15) is 0 Å². The number of anilines is 1. The summed E-state index contributed by atoms with van der Waals surface area (Å²) in [6, 6.07) is 28.4. The number of para-hydroxylation sites is 1. The molecule has 1 amide bonds. The van der Waals surface area contributed by atoms with E-state index in [1.807, 2.05) is 53.4 Å². The minimum absolute atomic E-state index is 0.0839. The average Bonchev–Trinajstić information content (AvgIpc) is 2.96.